The molecule has 5 nitrogen and oxygen atoms in total. The number of aryl methyl sites for hydroxylation is 2. The lowest BCUT2D eigenvalue weighted by Gasteiger charge is -2.34. The van der Waals surface area contributed by atoms with Gasteiger partial charge in [0.1, 0.15) is 0 Å². The van der Waals surface area contributed by atoms with Gasteiger partial charge in [-0.3, -0.25) is 14.5 Å². The molecule has 0 aliphatic carbocycles. The van der Waals surface area contributed by atoms with Crippen LogP contribution in [0, 0.1) is 20.8 Å². The minimum absolute atomic E-state index is 0.0867. The average Bonchev–Trinajstić information content (AvgIpc) is 2.90. The Labute approximate surface area is 155 Å². The number of rotatable bonds is 4. The van der Waals surface area contributed by atoms with Crippen LogP contribution >= 0.6 is 0 Å². The molecule has 5 heteroatoms. The molecule has 0 saturated carbocycles. The normalized spacial score (nSPS) is 15.3. The van der Waals surface area contributed by atoms with Gasteiger partial charge >= 0.3 is 0 Å². The second kappa shape index (κ2) is 7.46. The Kier molecular flexibility index (Phi) is 5.28. The molecular formula is C21H27N3O2. The zero-order chi connectivity index (χ0) is 18.8. The number of Topliss-reactive ketones (excluding diaryl/α,β-unsaturated/α-hetero) is 1. The van der Waals surface area contributed by atoms with Crippen molar-refractivity contribution in [3.8, 4) is 0 Å². The second-order valence-electron chi connectivity index (χ2n) is 7.15. The Morgan fingerprint density at radius 2 is 1.62 bits per heavy atom. The van der Waals surface area contributed by atoms with E-state index < -0.39 is 0 Å². The molecular weight excluding hydrogens is 326 g/mol. The highest BCUT2D eigenvalue weighted by atomic mass is 16.2. The molecule has 26 heavy (non-hydrogen) atoms. The maximum absolute atomic E-state index is 12.7. The third-order valence-electron chi connectivity index (χ3n) is 5.48. The lowest BCUT2D eigenvalue weighted by atomic mass is 10.1. The zero-order valence-corrected chi connectivity index (χ0v) is 16.1. The van der Waals surface area contributed by atoms with Crippen molar-refractivity contribution in [2.75, 3.05) is 32.7 Å². The van der Waals surface area contributed by atoms with Gasteiger partial charge in [-0.15, -0.1) is 0 Å². The van der Waals surface area contributed by atoms with Crippen LogP contribution in [0.3, 0.4) is 0 Å². The van der Waals surface area contributed by atoms with Gasteiger partial charge in [0.05, 0.1) is 6.54 Å². The number of hydrogen-bond donors (Lipinski definition) is 0. The summed E-state index contributed by atoms with van der Waals surface area (Å²) in [7, 11) is 1.98. The number of hydrogen-bond acceptors (Lipinski definition) is 3. The number of benzene rings is 1. The smallest absolute Gasteiger partial charge is 0.254 e. The largest absolute Gasteiger partial charge is 0.351 e. The number of aromatic nitrogens is 1. The summed E-state index contributed by atoms with van der Waals surface area (Å²) in [5.74, 6) is 0.244. The van der Waals surface area contributed by atoms with Crippen LogP contribution in [0.15, 0.2) is 30.3 Å². The number of nitrogens with zero attached hydrogens (tertiary/aromatic N) is 3. The van der Waals surface area contributed by atoms with Crippen LogP contribution in [0.5, 0.6) is 0 Å². The van der Waals surface area contributed by atoms with Crippen molar-refractivity contribution in [2.45, 2.75) is 20.8 Å². The summed E-state index contributed by atoms with van der Waals surface area (Å²) in [5, 5.41) is 0. The number of carbonyl (C=O) groups excluding carboxylic acids is 2. The predicted octanol–water partition coefficient (Wildman–Crippen LogP) is 2.59. The van der Waals surface area contributed by atoms with Crippen molar-refractivity contribution in [1.29, 1.82) is 0 Å². The highest BCUT2D eigenvalue weighted by Gasteiger charge is 2.25. The molecule has 138 valence electrons. The molecule has 2 aromatic rings. The topological polar surface area (TPSA) is 45.6 Å². The van der Waals surface area contributed by atoms with Gasteiger partial charge < -0.3 is 9.47 Å². The fraction of sp³-hybridized carbons (Fsp3) is 0.429. The van der Waals surface area contributed by atoms with Gasteiger partial charge in [0.25, 0.3) is 5.91 Å². The number of carbonyl (C=O) groups is 2. The Morgan fingerprint density at radius 1 is 0.962 bits per heavy atom. The van der Waals surface area contributed by atoms with Gasteiger partial charge in [-0.25, -0.2) is 0 Å². The number of ketones is 1. The molecule has 1 aliphatic rings. The Bertz CT molecular complexity index is 830. The molecule has 1 aromatic heterocycles. The number of amides is 1. The summed E-state index contributed by atoms with van der Waals surface area (Å²) in [5.41, 5.74) is 4.70. The first kappa shape index (κ1) is 18.4. The van der Waals surface area contributed by atoms with Gasteiger partial charge in [-0.2, -0.15) is 0 Å². The van der Waals surface area contributed by atoms with E-state index in [0.717, 1.165) is 41.2 Å². The van der Waals surface area contributed by atoms with E-state index in [4.69, 9.17) is 0 Å². The van der Waals surface area contributed by atoms with Crippen LogP contribution in [0.2, 0.25) is 0 Å². The third kappa shape index (κ3) is 3.58. The SMILES string of the molecule is Cc1ccccc1C(=O)N1CCN(CC(=O)c2cc(C)n(C)c2C)CC1. The van der Waals surface area contributed by atoms with E-state index in [1.165, 1.54) is 0 Å². The number of piperazine rings is 1. The molecule has 0 bridgehead atoms. The van der Waals surface area contributed by atoms with Crippen LogP contribution in [-0.2, 0) is 7.05 Å². The molecule has 0 radical (unpaired) electrons. The van der Waals surface area contributed by atoms with Crippen LogP contribution in [0.1, 0.15) is 37.7 Å². The molecule has 0 unspecified atom stereocenters. The molecule has 1 fully saturated rings. The minimum atomic E-state index is 0.0867. The molecule has 0 spiro atoms. The van der Waals surface area contributed by atoms with Gasteiger partial charge in [0, 0.05) is 55.7 Å². The lowest BCUT2D eigenvalue weighted by Crippen LogP contribution is -2.50. The summed E-state index contributed by atoms with van der Waals surface area (Å²) in [4.78, 5) is 29.4. The van der Waals surface area contributed by atoms with E-state index in [1.807, 2.05) is 67.6 Å². The maximum Gasteiger partial charge on any atom is 0.254 e. The molecule has 1 aliphatic heterocycles. The quantitative estimate of drug-likeness (QED) is 0.794. The lowest BCUT2D eigenvalue weighted by molar-refractivity contribution is 0.0623. The van der Waals surface area contributed by atoms with E-state index in [-0.39, 0.29) is 11.7 Å². The molecule has 0 N–H and O–H groups in total. The summed E-state index contributed by atoms with van der Waals surface area (Å²) < 4.78 is 2.05. The minimum Gasteiger partial charge on any atom is -0.351 e. The van der Waals surface area contributed by atoms with Crippen molar-refractivity contribution in [3.63, 3.8) is 0 Å². The van der Waals surface area contributed by atoms with Crippen LogP contribution in [0.25, 0.3) is 0 Å². The van der Waals surface area contributed by atoms with Crippen molar-refractivity contribution >= 4 is 11.7 Å². The monoisotopic (exact) mass is 353 g/mol. The second-order valence-corrected chi connectivity index (χ2v) is 7.15. The fourth-order valence-electron chi connectivity index (χ4n) is 3.52. The summed E-state index contributed by atoms with van der Waals surface area (Å²) in [6.07, 6.45) is 0. The van der Waals surface area contributed by atoms with Crippen molar-refractivity contribution in [1.82, 2.24) is 14.4 Å². The van der Waals surface area contributed by atoms with E-state index in [9.17, 15) is 9.59 Å². The average molecular weight is 353 g/mol. The molecule has 2 heterocycles. The highest BCUT2D eigenvalue weighted by molar-refractivity contribution is 5.99. The zero-order valence-electron chi connectivity index (χ0n) is 16.1. The van der Waals surface area contributed by atoms with Crippen LogP contribution in [-0.4, -0.2) is 58.8 Å². The molecule has 1 amide bonds. The van der Waals surface area contributed by atoms with Gasteiger partial charge in [-0.05, 0) is 38.5 Å². The first-order valence-corrected chi connectivity index (χ1v) is 9.12. The Morgan fingerprint density at radius 3 is 2.19 bits per heavy atom. The maximum atomic E-state index is 12.7. The summed E-state index contributed by atoms with van der Waals surface area (Å²) >= 11 is 0. The Hall–Kier alpha value is -2.40. The van der Waals surface area contributed by atoms with Gasteiger partial charge in [0.15, 0.2) is 5.78 Å². The fourth-order valence-corrected chi connectivity index (χ4v) is 3.52. The summed E-state index contributed by atoms with van der Waals surface area (Å²) in [6, 6.07) is 9.66. The molecule has 1 saturated heterocycles. The third-order valence-corrected chi connectivity index (χ3v) is 5.48. The van der Waals surface area contributed by atoms with Crippen LogP contribution < -0.4 is 0 Å². The van der Waals surface area contributed by atoms with E-state index in [0.29, 0.717) is 19.6 Å². The van der Waals surface area contributed by atoms with E-state index in [2.05, 4.69) is 4.90 Å². The Balaban J connectivity index is 1.58. The first-order chi connectivity index (χ1) is 12.4. The van der Waals surface area contributed by atoms with Crippen LogP contribution in [0.4, 0.5) is 0 Å². The predicted molar refractivity (Wildman–Crippen MR) is 103 cm³/mol. The van der Waals surface area contributed by atoms with Crippen molar-refractivity contribution in [2.24, 2.45) is 7.05 Å². The van der Waals surface area contributed by atoms with E-state index in [1.54, 1.807) is 0 Å². The molecule has 0 atom stereocenters. The standard InChI is InChI=1S/C21H27N3O2/c1-15-7-5-6-8-18(15)21(26)24-11-9-23(10-12-24)14-20(25)19-13-16(2)22(4)17(19)3/h5-8,13H,9-12,14H2,1-4H3. The van der Waals surface area contributed by atoms with Gasteiger partial charge in [0.2, 0.25) is 0 Å². The molecule has 1 aromatic carbocycles. The van der Waals surface area contributed by atoms with Gasteiger partial charge in [-0.1, -0.05) is 18.2 Å². The first-order valence-electron chi connectivity index (χ1n) is 9.12. The van der Waals surface area contributed by atoms with Crippen molar-refractivity contribution < 1.29 is 9.59 Å². The van der Waals surface area contributed by atoms with E-state index >= 15 is 0 Å². The van der Waals surface area contributed by atoms with Crippen molar-refractivity contribution in [3.05, 3.63) is 58.4 Å². The summed E-state index contributed by atoms with van der Waals surface area (Å²) in [6.45, 7) is 9.16. The highest BCUT2D eigenvalue weighted by Crippen LogP contribution is 2.16. The molecule has 3 rings (SSSR count).